The molecule has 0 aromatic heterocycles. The van der Waals surface area contributed by atoms with E-state index in [2.05, 4.69) is 24.5 Å². The summed E-state index contributed by atoms with van der Waals surface area (Å²) in [4.78, 5) is 22.7. The molecule has 0 aliphatic carbocycles. The summed E-state index contributed by atoms with van der Waals surface area (Å²) < 4.78 is 0. The number of carbonyl (C=O) groups excluding carboxylic acids is 2. The van der Waals surface area contributed by atoms with Gasteiger partial charge in [-0.3, -0.25) is 9.59 Å². The maximum absolute atomic E-state index is 11.4. The zero-order valence-electron chi connectivity index (χ0n) is 11.9. The molecule has 106 valence electrons. The van der Waals surface area contributed by atoms with Crippen LogP contribution < -0.4 is 10.6 Å². The van der Waals surface area contributed by atoms with Gasteiger partial charge in [-0.25, -0.2) is 0 Å². The minimum atomic E-state index is 0.106. The number of hydrogen-bond donors (Lipinski definition) is 2. The van der Waals surface area contributed by atoms with Crippen LogP contribution in [0.3, 0.4) is 0 Å². The summed E-state index contributed by atoms with van der Waals surface area (Å²) in [6.07, 6.45) is 6.91. The minimum Gasteiger partial charge on any atom is -0.356 e. The average Bonchev–Trinajstić information content (AvgIpc) is 2.35. The van der Waals surface area contributed by atoms with Gasteiger partial charge in [0.2, 0.25) is 11.8 Å². The zero-order valence-corrected chi connectivity index (χ0v) is 11.9. The molecule has 0 aliphatic rings. The lowest BCUT2D eigenvalue weighted by molar-refractivity contribution is -0.123. The van der Waals surface area contributed by atoms with Gasteiger partial charge in [-0.1, -0.05) is 26.7 Å². The first-order valence-electron chi connectivity index (χ1n) is 7.24. The summed E-state index contributed by atoms with van der Waals surface area (Å²) >= 11 is 0. The Kier molecular flexibility index (Phi) is 11.7. The number of carbonyl (C=O) groups is 2. The van der Waals surface area contributed by atoms with Gasteiger partial charge in [-0.2, -0.15) is 0 Å². The molecule has 18 heavy (non-hydrogen) atoms. The molecule has 0 saturated heterocycles. The Hall–Kier alpha value is -1.06. The van der Waals surface area contributed by atoms with Crippen LogP contribution in [0.15, 0.2) is 0 Å². The van der Waals surface area contributed by atoms with Gasteiger partial charge < -0.3 is 10.6 Å². The SMILES string of the molecule is CCCCNC(=O)CCCCC(=O)NCCCC. The molecular formula is C14H28N2O2. The lowest BCUT2D eigenvalue weighted by Crippen LogP contribution is -2.25. The minimum absolute atomic E-state index is 0.106. The van der Waals surface area contributed by atoms with Gasteiger partial charge in [0.05, 0.1) is 0 Å². The van der Waals surface area contributed by atoms with E-state index in [1.54, 1.807) is 0 Å². The van der Waals surface area contributed by atoms with Crippen molar-refractivity contribution in [3.05, 3.63) is 0 Å². The van der Waals surface area contributed by atoms with Crippen molar-refractivity contribution in [1.82, 2.24) is 10.6 Å². The van der Waals surface area contributed by atoms with Crippen LogP contribution in [0.2, 0.25) is 0 Å². The van der Waals surface area contributed by atoms with E-state index in [0.29, 0.717) is 12.8 Å². The Morgan fingerprint density at radius 3 is 1.44 bits per heavy atom. The number of rotatable bonds is 11. The first-order valence-corrected chi connectivity index (χ1v) is 7.24. The highest BCUT2D eigenvalue weighted by Crippen LogP contribution is 2.00. The van der Waals surface area contributed by atoms with Crippen LogP contribution in [0.25, 0.3) is 0 Å². The molecule has 0 radical (unpaired) electrons. The first-order chi connectivity index (χ1) is 8.70. The van der Waals surface area contributed by atoms with Gasteiger partial charge in [0.25, 0.3) is 0 Å². The van der Waals surface area contributed by atoms with E-state index in [1.165, 1.54) is 0 Å². The average molecular weight is 256 g/mol. The van der Waals surface area contributed by atoms with E-state index >= 15 is 0 Å². The standard InChI is InChI=1S/C14H28N2O2/c1-3-5-11-15-13(17)9-7-8-10-14(18)16-12-6-4-2/h3-12H2,1-2H3,(H,15,17)(H,16,18). The van der Waals surface area contributed by atoms with Crippen LogP contribution in [0, 0.1) is 0 Å². The van der Waals surface area contributed by atoms with Crippen LogP contribution >= 0.6 is 0 Å². The molecule has 0 aromatic rings. The molecule has 0 unspecified atom stereocenters. The van der Waals surface area contributed by atoms with E-state index in [9.17, 15) is 9.59 Å². The highest BCUT2D eigenvalue weighted by Gasteiger charge is 2.03. The molecule has 2 amide bonds. The van der Waals surface area contributed by atoms with Crippen molar-refractivity contribution in [2.24, 2.45) is 0 Å². The van der Waals surface area contributed by atoms with E-state index in [4.69, 9.17) is 0 Å². The third kappa shape index (κ3) is 11.4. The third-order valence-corrected chi connectivity index (χ3v) is 2.76. The molecule has 0 saturated carbocycles. The summed E-state index contributed by atoms with van der Waals surface area (Å²) in [5.74, 6) is 0.213. The molecule has 0 fully saturated rings. The first kappa shape index (κ1) is 16.9. The van der Waals surface area contributed by atoms with Gasteiger partial charge in [-0.15, -0.1) is 0 Å². The Morgan fingerprint density at radius 2 is 1.11 bits per heavy atom. The van der Waals surface area contributed by atoms with Gasteiger partial charge in [0.15, 0.2) is 0 Å². The highest BCUT2D eigenvalue weighted by molar-refractivity contribution is 5.77. The van der Waals surface area contributed by atoms with Crippen molar-refractivity contribution in [3.8, 4) is 0 Å². The van der Waals surface area contributed by atoms with E-state index < -0.39 is 0 Å². The number of nitrogens with one attached hydrogen (secondary N) is 2. The maximum atomic E-state index is 11.4. The van der Waals surface area contributed by atoms with Gasteiger partial charge in [0, 0.05) is 25.9 Å². The van der Waals surface area contributed by atoms with Gasteiger partial charge in [-0.05, 0) is 25.7 Å². The Morgan fingerprint density at radius 1 is 0.722 bits per heavy atom. The Bertz CT molecular complexity index is 206. The monoisotopic (exact) mass is 256 g/mol. The topological polar surface area (TPSA) is 58.2 Å². The molecule has 0 bridgehead atoms. The molecule has 0 atom stereocenters. The van der Waals surface area contributed by atoms with Crippen molar-refractivity contribution in [2.75, 3.05) is 13.1 Å². The second kappa shape index (κ2) is 12.4. The lowest BCUT2D eigenvalue weighted by Gasteiger charge is -2.05. The van der Waals surface area contributed by atoms with Crippen molar-refractivity contribution >= 4 is 11.8 Å². The molecule has 0 heterocycles. The molecule has 4 nitrogen and oxygen atoms in total. The highest BCUT2D eigenvalue weighted by atomic mass is 16.2. The van der Waals surface area contributed by atoms with E-state index in [-0.39, 0.29) is 11.8 Å². The van der Waals surface area contributed by atoms with E-state index in [0.717, 1.165) is 51.6 Å². The predicted octanol–water partition coefficient (Wildman–Crippen LogP) is 2.38. The number of unbranched alkanes of at least 4 members (excludes halogenated alkanes) is 3. The fourth-order valence-corrected chi connectivity index (χ4v) is 1.56. The molecule has 4 heteroatoms. The lowest BCUT2D eigenvalue weighted by atomic mass is 10.1. The second-order valence-electron chi connectivity index (χ2n) is 4.61. The summed E-state index contributed by atoms with van der Waals surface area (Å²) in [7, 11) is 0. The maximum Gasteiger partial charge on any atom is 0.219 e. The number of hydrogen-bond acceptors (Lipinski definition) is 2. The summed E-state index contributed by atoms with van der Waals surface area (Å²) in [6.45, 7) is 5.74. The summed E-state index contributed by atoms with van der Waals surface area (Å²) in [5, 5.41) is 5.75. The Labute approximate surface area is 111 Å². The third-order valence-electron chi connectivity index (χ3n) is 2.76. The van der Waals surface area contributed by atoms with Gasteiger partial charge in [0.1, 0.15) is 0 Å². The fraction of sp³-hybridized carbons (Fsp3) is 0.857. The number of amides is 2. The van der Waals surface area contributed by atoms with Crippen LogP contribution in [-0.4, -0.2) is 24.9 Å². The van der Waals surface area contributed by atoms with Gasteiger partial charge >= 0.3 is 0 Å². The smallest absolute Gasteiger partial charge is 0.219 e. The van der Waals surface area contributed by atoms with Crippen LogP contribution in [0.1, 0.15) is 65.2 Å². The van der Waals surface area contributed by atoms with Crippen LogP contribution in [-0.2, 0) is 9.59 Å². The zero-order chi connectivity index (χ0) is 13.6. The van der Waals surface area contributed by atoms with E-state index in [1.807, 2.05) is 0 Å². The fourth-order valence-electron chi connectivity index (χ4n) is 1.56. The normalized spacial score (nSPS) is 10.1. The quantitative estimate of drug-likeness (QED) is 0.558. The molecule has 0 aliphatic heterocycles. The van der Waals surface area contributed by atoms with Crippen molar-refractivity contribution < 1.29 is 9.59 Å². The molecule has 0 spiro atoms. The van der Waals surface area contributed by atoms with Crippen LogP contribution in [0.5, 0.6) is 0 Å². The van der Waals surface area contributed by atoms with Crippen molar-refractivity contribution in [1.29, 1.82) is 0 Å². The second-order valence-corrected chi connectivity index (χ2v) is 4.61. The van der Waals surface area contributed by atoms with Crippen molar-refractivity contribution in [2.45, 2.75) is 65.2 Å². The van der Waals surface area contributed by atoms with Crippen LogP contribution in [0.4, 0.5) is 0 Å². The predicted molar refractivity (Wildman–Crippen MR) is 74.3 cm³/mol. The van der Waals surface area contributed by atoms with Crippen molar-refractivity contribution in [3.63, 3.8) is 0 Å². The molecular weight excluding hydrogens is 228 g/mol. The molecule has 2 N–H and O–H groups in total. The largest absolute Gasteiger partial charge is 0.356 e. The molecule has 0 aromatic carbocycles. The summed E-state index contributed by atoms with van der Waals surface area (Å²) in [5.41, 5.74) is 0. The Balaban J connectivity index is 3.32. The molecule has 0 rings (SSSR count). The summed E-state index contributed by atoms with van der Waals surface area (Å²) in [6, 6.07) is 0.